The van der Waals surface area contributed by atoms with Crippen molar-refractivity contribution in [2.24, 2.45) is 11.5 Å². The van der Waals surface area contributed by atoms with Crippen molar-refractivity contribution in [2.75, 3.05) is 13.2 Å². The van der Waals surface area contributed by atoms with Crippen LogP contribution in [0.2, 0.25) is 0 Å². The van der Waals surface area contributed by atoms with Crippen LogP contribution in [0.4, 0.5) is 4.39 Å². The normalized spacial score (nSPS) is 12.3. The number of rotatable bonds is 5. The lowest BCUT2D eigenvalue weighted by Gasteiger charge is -2.03. The summed E-state index contributed by atoms with van der Waals surface area (Å²) in [6.07, 6.45) is 2.66. The number of alkyl halides is 1. The molecule has 0 aromatic heterocycles. The Labute approximate surface area is 67.6 Å². The fourth-order valence-corrected chi connectivity index (χ4v) is 0.628. The van der Waals surface area contributed by atoms with E-state index in [9.17, 15) is 4.39 Å². The molecule has 4 heteroatoms. The van der Waals surface area contributed by atoms with Gasteiger partial charge in [0.1, 0.15) is 6.67 Å². The molecule has 1 atom stereocenters. The summed E-state index contributed by atoms with van der Waals surface area (Å²) >= 11 is 0. The van der Waals surface area contributed by atoms with Crippen LogP contribution in [0.15, 0.2) is 0 Å². The van der Waals surface area contributed by atoms with Crippen LogP contribution in [-0.2, 0) is 0 Å². The van der Waals surface area contributed by atoms with Crippen LogP contribution in [0.3, 0.4) is 0 Å². The van der Waals surface area contributed by atoms with Crippen molar-refractivity contribution in [1.82, 2.24) is 0 Å². The van der Waals surface area contributed by atoms with E-state index in [0.29, 0.717) is 6.54 Å². The molecule has 0 radical (unpaired) electrons. The summed E-state index contributed by atoms with van der Waals surface area (Å²) in [5.74, 6) is 0. The van der Waals surface area contributed by atoms with Gasteiger partial charge in [-0.2, -0.15) is 0 Å². The van der Waals surface area contributed by atoms with Crippen molar-refractivity contribution in [3.05, 3.63) is 0 Å². The minimum atomic E-state index is -0.412. The second-order valence-electron chi connectivity index (χ2n) is 2.20. The third kappa shape index (κ3) is 8.14. The summed E-state index contributed by atoms with van der Waals surface area (Å²) in [5, 5.41) is 0. The molecule has 0 rings (SSSR count). The van der Waals surface area contributed by atoms with Gasteiger partial charge in [-0.15, -0.1) is 12.4 Å². The monoisotopic (exact) mass is 170 g/mol. The number of halogens is 2. The second kappa shape index (κ2) is 9.14. The number of hydrogen-bond acceptors (Lipinski definition) is 2. The molecule has 0 amide bonds. The van der Waals surface area contributed by atoms with Gasteiger partial charge in [-0.1, -0.05) is 6.42 Å². The van der Waals surface area contributed by atoms with Crippen LogP contribution in [0.5, 0.6) is 0 Å². The molecule has 4 N–H and O–H groups in total. The standard InChI is InChI=1S/C6H15FN2.ClH/c7-5-6(9)3-1-2-4-8;/h6H,1-5,8-9H2;1H. The van der Waals surface area contributed by atoms with Gasteiger partial charge in [-0.05, 0) is 19.4 Å². The SMILES string of the molecule is Cl.NCCCCC(N)CF. The highest BCUT2D eigenvalue weighted by Crippen LogP contribution is 1.97. The summed E-state index contributed by atoms with van der Waals surface area (Å²) in [5.41, 5.74) is 10.5. The van der Waals surface area contributed by atoms with E-state index in [0.717, 1.165) is 19.3 Å². The predicted octanol–water partition coefficient (Wildman–Crippen LogP) is 0.834. The van der Waals surface area contributed by atoms with E-state index in [-0.39, 0.29) is 18.4 Å². The third-order valence-electron chi connectivity index (χ3n) is 1.23. The van der Waals surface area contributed by atoms with E-state index in [1.165, 1.54) is 0 Å². The molecule has 0 saturated heterocycles. The average molecular weight is 171 g/mol. The maximum absolute atomic E-state index is 11.7. The minimum Gasteiger partial charge on any atom is -0.330 e. The molecule has 64 valence electrons. The lowest BCUT2D eigenvalue weighted by molar-refractivity contribution is 0.405. The molecular weight excluding hydrogens is 155 g/mol. The van der Waals surface area contributed by atoms with E-state index >= 15 is 0 Å². The van der Waals surface area contributed by atoms with Gasteiger partial charge in [0.2, 0.25) is 0 Å². The molecule has 0 heterocycles. The first kappa shape index (κ1) is 12.8. The molecule has 2 nitrogen and oxygen atoms in total. The Bertz CT molecular complexity index is 63.7. The van der Waals surface area contributed by atoms with Gasteiger partial charge in [0, 0.05) is 6.04 Å². The van der Waals surface area contributed by atoms with Gasteiger partial charge < -0.3 is 11.5 Å². The maximum atomic E-state index is 11.7. The zero-order valence-electron chi connectivity index (χ0n) is 6.05. The average Bonchev–Trinajstić information content (AvgIpc) is 1.89. The van der Waals surface area contributed by atoms with Crippen LogP contribution in [0.1, 0.15) is 19.3 Å². The third-order valence-corrected chi connectivity index (χ3v) is 1.23. The van der Waals surface area contributed by atoms with Crippen molar-refractivity contribution in [2.45, 2.75) is 25.3 Å². The Hall–Kier alpha value is 0.140. The van der Waals surface area contributed by atoms with Gasteiger partial charge >= 0.3 is 0 Å². The van der Waals surface area contributed by atoms with E-state index < -0.39 is 6.67 Å². The molecule has 1 unspecified atom stereocenters. The smallest absolute Gasteiger partial charge is 0.104 e. The molecule has 0 spiro atoms. The highest BCUT2D eigenvalue weighted by molar-refractivity contribution is 5.85. The van der Waals surface area contributed by atoms with Gasteiger partial charge in [0.25, 0.3) is 0 Å². The van der Waals surface area contributed by atoms with Crippen molar-refractivity contribution in [3.63, 3.8) is 0 Å². The molecular formula is C6H16ClFN2. The van der Waals surface area contributed by atoms with Crippen LogP contribution in [-0.4, -0.2) is 19.3 Å². The van der Waals surface area contributed by atoms with Crippen molar-refractivity contribution < 1.29 is 4.39 Å². The Balaban J connectivity index is 0. The predicted molar refractivity (Wildman–Crippen MR) is 44.1 cm³/mol. The van der Waals surface area contributed by atoms with E-state index in [2.05, 4.69) is 0 Å². The maximum Gasteiger partial charge on any atom is 0.104 e. The molecule has 0 aromatic carbocycles. The van der Waals surface area contributed by atoms with Crippen LogP contribution < -0.4 is 11.5 Å². The quantitative estimate of drug-likeness (QED) is 0.601. The molecule has 0 aliphatic rings. The zero-order valence-corrected chi connectivity index (χ0v) is 6.87. The van der Waals surface area contributed by atoms with Gasteiger partial charge in [0.05, 0.1) is 0 Å². The molecule has 0 aromatic rings. The number of unbranched alkanes of at least 4 members (excludes halogenated alkanes) is 1. The van der Waals surface area contributed by atoms with Crippen LogP contribution >= 0.6 is 12.4 Å². The molecule has 0 aliphatic carbocycles. The van der Waals surface area contributed by atoms with Crippen molar-refractivity contribution in [3.8, 4) is 0 Å². The highest BCUT2D eigenvalue weighted by atomic mass is 35.5. The number of hydrogen-bond donors (Lipinski definition) is 2. The fraction of sp³-hybridized carbons (Fsp3) is 1.00. The van der Waals surface area contributed by atoms with Gasteiger partial charge in [0.15, 0.2) is 0 Å². The number of nitrogens with two attached hydrogens (primary N) is 2. The van der Waals surface area contributed by atoms with Crippen LogP contribution in [0, 0.1) is 0 Å². The molecule has 10 heavy (non-hydrogen) atoms. The largest absolute Gasteiger partial charge is 0.330 e. The van der Waals surface area contributed by atoms with Gasteiger partial charge in [-0.3, -0.25) is 0 Å². The van der Waals surface area contributed by atoms with Crippen LogP contribution in [0.25, 0.3) is 0 Å². The first-order valence-corrected chi connectivity index (χ1v) is 3.33. The Kier molecular flexibility index (Phi) is 11.7. The highest BCUT2D eigenvalue weighted by Gasteiger charge is 1.98. The summed E-state index contributed by atoms with van der Waals surface area (Å²) < 4.78 is 11.7. The minimum absolute atomic E-state index is 0. The van der Waals surface area contributed by atoms with E-state index in [1.807, 2.05) is 0 Å². The zero-order chi connectivity index (χ0) is 7.11. The Morgan fingerprint density at radius 2 is 1.90 bits per heavy atom. The van der Waals surface area contributed by atoms with Gasteiger partial charge in [-0.25, -0.2) is 4.39 Å². The van der Waals surface area contributed by atoms with Crippen molar-refractivity contribution in [1.29, 1.82) is 0 Å². The van der Waals surface area contributed by atoms with Crippen molar-refractivity contribution >= 4 is 12.4 Å². The topological polar surface area (TPSA) is 52.0 Å². The summed E-state index contributed by atoms with van der Waals surface area (Å²) in [4.78, 5) is 0. The first-order valence-electron chi connectivity index (χ1n) is 3.33. The van der Waals surface area contributed by atoms with E-state index in [1.54, 1.807) is 0 Å². The summed E-state index contributed by atoms with van der Waals surface area (Å²) in [6.45, 7) is 0.267. The summed E-state index contributed by atoms with van der Waals surface area (Å²) in [7, 11) is 0. The molecule has 0 fully saturated rings. The fourth-order valence-electron chi connectivity index (χ4n) is 0.628. The Morgan fingerprint density at radius 3 is 2.30 bits per heavy atom. The lowest BCUT2D eigenvalue weighted by atomic mass is 10.1. The lowest BCUT2D eigenvalue weighted by Crippen LogP contribution is -2.22. The molecule has 0 saturated carbocycles. The Morgan fingerprint density at radius 1 is 1.30 bits per heavy atom. The van der Waals surface area contributed by atoms with E-state index in [4.69, 9.17) is 11.5 Å². The second-order valence-corrected chi connectivity index (χ2v) is 2.20. The molecule has 0 aliphatic heterocycles. The molecule has 0 bridgehead atoms. The summed E-state index contributed by atoms with van der Waals surface area (Å²) in [6, 6.07) is -0.267. The first-order chi connectivity index (χ1) is 4.31.